The molecule has 0 bridgehead atoms. The molecule has 0 saturated heterocycles. The third-order valence-electron chi connectivity index (χ3n) is 3.29. The number of anilines is 1. The number of sulfonamides is 1. The zero-order valence-corrected chi connectivity index (χ0v) is 13.3. The van der Waals surface area contributed by atoms with Crippen molar-refractivity contribution in [3.8, 4) is 11.1 Å². The molecule has 0 atom stereocenters. The number of nitrogens with one attached hydrogen (secondary N) is 1. The van der Waals surface area contributed by atoms with Gasteiger partial charge in [0.1, 0.15) is 0 Å². The van der Waals surface area contributed by atoms with E-state index in [1.807, 2.05) is 30.3 Å². The molecule has 0 radical (unpaired) electrons. The number of rotatable bonds is 4. The van der Waals surface area contributed by atoms with Gasteiger partial charge < -0.3 is 0 Å². The molecule has 0 aliphatic heterocycles. The Morgan fingerprint density at radius 1 is 0.870 bits per heavy atom. The Morgan fingerprint density at radius 2 is 1.52 bits per heavy atom. The highest BCUT2D eigenvalue weighted by Crippen LogP contribution is 2.21. The lowest BCUT2D eigenvalue weighted by atomic mass is 10.1. The third-order valence-corrected chi connectivity index (χ3v) is 4.64. The van der Waals surface area contributed by atoms with E-state index < -0.39 is 10.0 Å². The summed E-state index contributed by atoms with van der Waals surface area (Å²) in [4.78, 5) is 8.13. The van der Waals surface area contributed by atoms with Crippen LogP contribution in [0, 0.1) is 6.92 Å². The van der Waals surface area contributed by atoms with Gasteiger partial charge in [0.25, 0.3) is 10.0 Å². The van der Waals surface area contributed by atoms with Crippen molar-refractivity contribution in [1.82, 2.24) is 9.97 Å². The molecule has 1 N–H and O–H groups in total. The molecule has 0 unspecified atom stereocenters. The number of nitrogens with zero attached hydrogens (tertiary/aromatic N) is 2. The largest absolute Gasteiger partial charge is 0.264 e. The normalized spacial score (nSPS) is 11.2. The quantitative estimate of drug-likeness (QED) is 0.799. The van der Waals surface area contributed by atoms with Gasteiger partial charge in [0.05, 0.1) is 4.90 Å². The second-order valence-corrected chi connectivity index (χ2v) is 6.70. The number of aromatic nitrogens is 2. The maximum atomic E-state index is 12.4. The predicted molar refractivity (Wildman–Crippen MR) is 89.5 cm³/mol. The Morgan fingerprint density at radius 3 is 2.17 bits per heavy atom. The fourth-order valence-electron chi connectivity index (χ4n) is 2.13. The fraction of sp³-hybridized carbons (Fsp3) is 0.0588. The van der Waals surface area contributed by atoms with E-state index in [1.165, 1.54) is 6.20 Å². The van der Waals surface area contributed by atoms with Crippen molar-refractivity contribution >= 4 is 16.0 Å². The van der Waals surface area contributed by atoms with E-state index in [0.29, 0.717) is 5.69 Å². The SMILES string of the molecule is Cc1ccnc(NS(=O)(=O)c2ccc(-c3ccccc3)cc2)n1. The first-order valence-corrected chi connectivity index (χ1v) is 8.51. The summed E-state index contributed by atoms with van der Waals surface area (Å²) >= 11 is 0. The third kappa shape index (κ3) is 3.54. The minimum Gasteiger partial charge on any atom is -0.247 e. The first kappa shape index (κ1) is 15.2. The first-order valence-electron chi connectivity index (χ1n) is 7.02. The van der Waals surface area contributed by atoms with Gasteiger partial charge in [-0.1, -0.05) is 42.5 Å². The fourth-order valence-corrected chi connectivity index (χ4v) is 3.09. The Balaban J connectivity index is 1.86. The summed E-state index contributed by atoms with van der Waals surface area (Å²) in [6.07, 6.45) is 1.51. The monoisotopic (exact) mass is 325 g/mol. The van der Waals surface area contributed by atoms with Gasteiger partial charge in [0.15, 0.2) is 0 Å². The summed E-state index contributed by atoms with van der Waals surface area (Å²) in [6.45, 7) is 1.77. The predicted octanol–water partition coefficient (Wildman–Crippen LogP) is 3.25. The smallest absolute Gasteiger partial charge is 0.247 e. The van der Waals surface area contributed by atoms with Crippen LogP contribution in [0.4, 0.5) is 5.95 Å². The van der Waals surface area contributed by atoms with Gasteiger partial charge in [0, 0.05) is 11.9 Å². The molecule has 1 aromatic heterocycles. The minimum absolute atomic E-state index is 0.0668. The van der Waals surface area contributed by atoms with Crippen LogP contribution in [0.1, 0.15) is 5.69 Å². The summed E-state index contributed by atoms with van der Waals surface area (Å²) < 4.78 is 27.1. The highest BCUT2D eigenvalue weighted by molar-refractivity contribution is 7.92. The van der Waals surface area contributed by atoms with E-state index in [9.17, 15) is 8.42 Å². The summed E-state index contributed by atoms with van der Waals surface area (Å²) in [5.74, 6) is 0.0668. The molecule has 116 valence electrons. The lowest BCUT2D eigenvalue weighted by molar-refractivity contribution is 0.601. The Hall–Kier alpha value is -2.73. The molecule has 0 spiro atoms. The standard InChI is InChI=1S/C17H15N3O2S/c1-13-11-12-18-17(19-13)20-23(21,22)16-9-7-15(8-10-16)14-5-3-2-4-6-14/h2-12H,1H3,(H,18,19,20). The molecule has 1 heterocycles. The van der Waals surface area contributed by atoms with Gasteiger partial charge in [-0.2, -0.15) is 0 Å². The summed E-state index contributed by atoms with van der Waals surface area (Å²) in [5, 5.41) is 0. The summed E-state index contributed by atoms with van der Waals surface area (Å²) in [5.41, 5.74) is 2.68. The van der Waals surface area contributed by atoms with E-state index in [2.05, 4.69) is 14.7 Å². The average molecular weight is 325 g/mol. The van der Waals surface area contributed by atoms with Crippen LogP contribution in [0.2, 0.25) is 0 Å². The zero-order valence-electron chi connectivity index (χ0n) is 12.5. The molecule has 23 heavy (non-hydrogen) atoms. The number of aryl methyl sites for hydroxylation is 1. The van der Waals surface area contributed by atoms with E-state index >= 15 is 0 Å². The van der Waals surface area contributed by atoms with Crippen molar-refractivity contribution in [3.63, 3.8) is 0 Å². The van der Waals surface area contributed by atoms with Gasteiger partial charge >= 0.3 is 0 Å². The summed E-state index contributed by atoms with van der Waals surface area (Å²) in [7, 11) is -3.70. The number of benzene rings is 2. The lowest BCUT2D eigenvalue weighted by Crippen LogP contribution is -2.15. The maximum absolute atomic E-state index is 12.4. The lowest BCUT2D eigenvalue weighted by Gasteiger charge is -2.08. The topological polar surface area (TPSA) is 72.0 Å². The van der Waals surface area contributed by atoms with Crippen molar-refractivity contribution in [2.45, 2.75) is 11.8 Å². The molecule has 2 aromatic carbocycles. The van der Waals surface area contributed by atoms with Crippen molar-refractivity contribution in [1.29, 1.82) is 0 Å². The van der Waals surface area contributed by atoms with Gasteiger partial charge in [-0.15, -0.1) is 0 Å². The van der Waals surface area contributed by atoms with Crippen LogP contribution in [0.5, 0.6) is 0 Å². The van der Waals surface area contributed by atoms with Crippen LogP contribution in [-0.4, -0.2) is 18.4 Å². The van der Waals surface area contributed by atoms with Crippen LogP contribution in [-0.2, 0) is 10.0 Å². The van der Waals surface area contributed by atoms with Crippen molar-refractivity contribution in [3.05, 3.63) is 72.6 Å². The highest BCUT2D eigenvalue weighted by atomic mass is 32.2. The van der Waals surface area contributed by atoms with Crippen molar-refractivity contribution in [2.75, 3.05) is 4.72 Å². The van der Waals surface area contributed by atoms with Crippen LogP contribution in [0.25, 0.3) is 11.1 Å². The van der Waals surface area contributed by atoms with Crippen molar-refractivity contribution in [2.24, 2.45) is 0 Å². The van der Waals surface area contributed by atoms with Crippen LogP contribution in [0.3, 0.4) is 0 Å². The Labute approximate surface area is 135 Å². The molecule has 0 aliphatic rings. The van der Waals surface area contributed by atoms with Gasteiger partial charge in [-0.05, 0) is 36.2 Å². The van der Waals surface area contributed by atoms with Gasteiger partial charge in [0.2, 0.25) is 5.95 Å². The van der Waals surface area contributed by atoms with E-state index in [0.717, 1.165) is 11.1 Å². The van der Waals surface area contributed by atoms with Crippen LogP contribution < -0.4 is 4.72 Å². The first-order chi connectivity index (χ1) is 11.0. The molecule has 6 heteroatoms. The molecule has 0 aliphatic carbocycles. The summed E-state index contributed by atoms with van der Waals surface area (Å²) in [6, 6.07) is 18.2. The van der Waals surface area contributed by atoms with Crippen LogP contribution >= 0.6 is 0 Å². The molecule has 3 rings (SSSR count). The Kier molecular flexibility index (Phi) is 4.08. The Bertz CT molecular complexity index is 908. The molecule has 0 amide bonds. The van der Waals surface area contributed by atoms with E-state index in [4.69, 9.17) is 0 Å². The molecular formula is C17H15N3O2S. The van der Waals surface area contributed by atoms with Crippen molar-refractivity contribution < 1.29 is 8.42 Å². The zero-order chi connectivity index (χ0) is 16.3. The number of hydrogen-bond donors (Lipinski definition) is 1. The second kappa shape index (κ2) is 6.18. The van der Waals surface area contributed by atoms with E-state index in [1.54, 1.807) is 37.3 Å². The molecule has 5 nitrogen and oxygen atoms in total. The van der Waals surface area contributed by atoms with Gasteiger partial charge in [-0.3, -0.25) is 0 Å². The molecular weight excluding hydrogens is 310 g/mol. The number of hydrogen-bond acceptors (Lipinski definition) is 4. The molecule has 3 aromatic rings. The highest BCUT2D eigenvalue weighted by Gasteiger charge is 2.15. The molecule has 0 fully saturated rings. The van der Waals surface area contributed by atoms with E-state index in [-0.39, 0.29) is 10.8 Å². The average Bonchev–Trinajstić information content (AvgIpc) is 2.55. The maximum Gasteiger partial charge on any atom is 0.264 e. The van der Waals surface area contributed by atoms with Gasteiger partial charge in [-0.25, -0.2) is 23.1 Å². The van der Waals surface area contributed by atoms with Crippen LogP contribution in [0.15, 0.2) is 71.8 Å². The second-order valence-electron chi connectivity index (χ2n) is 5.02. The molecule has 0 saturated carbocycles. The minimum atomic E-state index is -3.70.